The van der Waals surface area contributed by atoms with E-state index in [0.717, 1.165) is 23.2 Å². The first-order chi connectivity index (χ1) is 7.25. The summed E-state index contributed by atoms with van der Waals surface area (Å²) in [7, 11) is 0. The maximum absolute atomic E-state index is 11.7. The minimum atomic E-state index is 0.194. The number of rotatable bonds is 4. The lowest BCUT2D eigenvalue weighted by Crippen LogP contribution is -2.31. The third kappa shape index (κ3) is 3.06. The van der Waals surface area contributed by atoms with Crippen LogP contribution in [0.25, 0.3) is 0 Å². The van der Waals surface area contributed by atoms with Crippen LogP contribution in [0.3, 0.4) is 0 Å². The maximum atomic E-state index is 11.7. The van der Waals surface area contributed by atoms with E-state index in [-0.39, 0.29) is 5.78 Å². The molecule has 0 atom stereocenters. The van der Waals surface area contributed by atoms with E-state index in [1.54, 1.807) is 11.8 Å². The molecule has 80 valence electrons. The van der Waals surface area contributed by atoms with Crippen LogP contribution in [0.4, 0.5) is 0 Å². The highest BCUT2D eigenvalue weighted by molar-refractivity contribution is 9.10. The first-order valence-corrected chi connectivity index (χ1v) is 6.58. The number of thioether (sulfide) groups is 1. The Balaban J connectivity index is 1.86. The normalized spacial score (nSPS) is 16.1. The predicted molar refractivity (Wildman–Crippen MR) is 65.5 cm³/mol. The summed E-state index contributed by atoms with van der Waals surface area (Å²) < 4.78 is 6.05. The lowest BCUT2D eigenvalue weighted by Gasteiger charge is -2.24. The van der Waals surface area contributed by atoms with Gasteiger partial charge in [-0.25, -0.2) is 0 Å². The number of Topliss-reactive ketones (excluding diaryl/α,β-unsaturated/α-hetero) is 1. The molecule has 1 saturated heterocycles. The Morgan fingerprint density at radius 3 is 2.60 bits per heavy atom. The molecule has 0 saturated carbocycles. The number of hydrogen-bond acceptors (Lipinski definition) is 3. The van der Waals surface area contributed by atoms with Crippen LogP contribution in [0.15, 0.2) is 28.7 Å². The van der Waals surface area contributed by atoms with Crippen molar-refractivity contribution in [2.24, 2.45) is 0 Å². The second-order valence-electron chi connectivity index (χ2n) is 3.40. The van der Waals surface area contributed by atoms with Gasteiger partial charge in [-0.1, -0.05) is 28.1 Å². The molecule has 0 aromatic heterocycles. The highest BCUT2D eigenvalue weighted by atomic mass is 79.9. The van der Waals surface area contributed by atoms with Crippen LogP contribution < -0.4 is 0 Å². The molecule has 4 heteroatoms. The zero-order chi connectivity index (χ0) is 10.7. The molecule has 15 heavy (non-hydrogen) atoms. The van der Waals surface area contributed by atoms with Crippen molar-refractivity contribution in [2.75, 3.05) is 19.0 Å². The monoisotopic (exact) mass is 286 g/mol. The molecule has 1 aliphatic heterocycles. The SMILES string of the molecule is O=C(CSC1COC1)c1ccc(Br)cc1. The van der Waals surface area contributed by atoms with Gasteiger partial charge in [0.05, 0.1) is 24.2 Å². The van der Waals surface area contributed by atoms with Gasteiger partial charge >= 0.3 is 0 Å². The average Bonchev–Trinajstić information content (AvgIpc) is 2.16. The van der Waals surface area contributed by atoms with Crippen molar-refractivity contribution in [3.8, 4) is 0 Å². The van der Waals surface area contributed by atoms with E-state index >= 15 is 0 Å². The molecule has 0 spiro atoms. The van der Waals surface area contributed by atoms with E-state index in [1.807, 2.05) is 24.3 Å². The Hall–Kier alpha value is -0.320. The Labute approximate surface area is 102 Å². The van der Waals surface area contributed by atoms with Crippen LogP contribution >= 0.6 is 27.7 Å². The molecule has 0 unspecified atom stereocenters. The fourth-order valence-corrected chi connectivity index (χ4v) is 2.43. The summed E-state index contributed by atoms with van der Waals surface area (Å²) in [6.45, 7) is 1.58. The molecule has 1 aromatic rings. The van der Waals surface area contributed by atoms with Gasteiger partial charge in [0.2, 0.25) is 0 Å². The summed E-state index contributed by atoms with van der Waals surface area (Å²) in [4.78, 5) is 11.7. The van der Waals surface area contributed by atoms with Gasteiger partial charge in [-0.15, -0.1) is 11.8 Å². The second kappa shape index (κ2) is 5.14. The number of halogens is 1. The van der Waals surface area contributed by atoms with Gasteiger partial charge in [-0.2, -0.15) is 0 Å². The van der Waals surface area contributed by atoms with Crippen LogP contribution in [0, 0.1) is 0 Å². The highest BCUT2D eigenvalue weighted by Gasteiger charge is 2.20. The average molecular weight is 287 g/mol. The molecule has 2 nitrogen and oxygen atoms in total. The highest BCUT2D eigenvalue weighted by Crippen LogP contribution is 2.20. The molecule has 1 heterocycles. The molecule has 2 rings (SSSR count). The van der Waals surface area contributed by atoms with E-state index in [9.17, 15) is 4.79 Å². The van der Waals surface area contributed by atoms with Gasteiger partial charge in [-0.3, -0.25) is 4.79 Å². The van der Waals surface area contributed by atoms with Crippen molar-refractivity contribution in [3.63, 3.8) is 0 Å². The van der Waals surface area contributed by atoms with Crippen molar-refractivity contribution < 1.29 is 9.53 Å². The van der Waals surface area contributed by atoms with Gasteiger partial charge in [0.1, 0.15) is 0 Å². The first kappa shape index (κ1) is 11.2. The summed E-state index contributed by atoms with van der Waals surface area (Å²) in [6, 6.07) is 7.49. The minimum absolute atomic E-state index is 0.194. The summed E-state index contributed by atoms with van der Waals surface area (Å²) >= 11 is 5.03. The van der Waals surface area contributed by atoms with Gasteiger partial charge < -0.3 is 4.74 Å². The molecule has 0 aliphatic carbocycles. The smallest absolute Gasteiger partial charge is 0.172 e. The third-order valence-corrected chi connectivity index (χ3v) is 3.92. The lowest BCUT2D eigenvalue weighted by molar-refractivity contribution is 0.0455. The Kier molecular flexibility index (Phi) is 3.83. The molecule has 0 amide bonds. The molecule has 1 aromatic carbocycles. The summed E-state index contributed by atoms with van der Waals surface area (Å²) in [5.74, 6) is 0.745. The number of ether oxygens (including phenoxy) is 1. The van der Waals surface area contributed by atoms with Crippen LogP contribution in [0.2, 0.25) is 0 Å². The molecular weight excluding hydrogens is 276 g/mol. The standard InChI is InChI=1S/C11H11BrO2S/c12-9-3-1-8(2-4-9)11(13)7-15-10-5-14-6-10/h1-4,10H,5-7H2. The number of ketones is 1. The fraction of sp³-hybridized carbons (Fsp3) is 0.364. The molecule has 0 bridgehead atoms. The number of hydrogen-bond donors (Lipinski definition) is 0. The Morgan fingerprint density at radius 1 is 1.40 bits per heavy atom. The van der Waals surface area contributed by atoms with Gasteiger partial charge in [-0.05, 0) is 12.1 Å². The predicted octanol–water partition coefficient (Wildman–Crippen LogP) is 2.76. The quantitative estimate of drug-likeness (QED) is 0.797. The number of carbonyl (C=O) groups excluding carboxylic acids is 1. The fourth-order valence-electron chi connectivity index (χ4n) is 1.22. The molecule has 0 N–H and O–H groups in total. The van der Waals surface area contributed by atoms with Gasteiger partial charge in [0.25, 0.3) is 0 Å². The molecule has 1 aliphatic rings. The minimum Gasteiger partial charge on any atom is -0.379 e. The topological polar surface area (TPSA) is 26.3 Å². The summed E-state index contributed by atoms with van der Waals surface area (Å²) in [5, 5.41) is 0.518. The van der Waals surface area contributed by atoms with Gasteiger partial charge in [0.15, 0.2) is 5.78 Å². The maximum Gasteiger partial charge on any atom is 0.172 e. The van der Waals surface area contributed by atoms with E-state index in [2.05, 4.69) is 15.9 Å². The largest absolute Gasteiger partial charge is 0.379 e. The van der Waals surface area contributed by atoms with Crippen molar-refractivity contribution in [2.45, 2.75) is 5.25 Å². The van der Waals surface area contributed by atoms with Gasteiger partial charge in [0, 0.05) is 10.0 Å². The van der Waals surface area contributed by atoms with Crippen molar-refractivity contribution in [1.29, 1.82) is 0 Å². The van der Waals surface area contributed by atoms with E-state index in [4.69, 9.17) is 4.74 Å². The van der Waals surface area contributed by atoms with Crippen LogP contribution in [0.1, 0.15) is 10.4 Å². The van der Waals surface area contributed by atoms with E-state index in [1.165, 1.54) is 0 Å². The first-order valence-electron chi connectivity index (χ1n) is 4.74. The van der Waals surface area contributed by atoms with E-state index in [0.29, 0.717) is 11.0 Å². The Morgan fingerprint density at radius 2 is 2.07 bits per heavy atom. The summed E-state index contributed by atoms with van der Waals surface area (Å²) in [5.41, 5.74) is 0.783. The van der Waals surface area contributed by atoms with Crippen molar-refractivity contribution >= 4 is 33.5 Å². The Bertz CT molecular complexity index is 346. The van der Waals surface area contributed by atoms with Crippen molar-refractivity contribution in [1.82, 2.24) is 0 Å². The van der Waals surface area contributed by atoms with Crippen LogP contribution in [-0.4, -0.2) is 30.0 Å². The van der Waals surface area contributed by atoms with Crippen molar-refractivity contribution in [3.05, 3.63) is 34.3 Å². The zero-order valence-electron chi connectivity index (χ0n) is 8.11. The van der Waals surface area contributed by atoms with Crippen LogP contribution in [-0.2, 0) is 4.74 Å². The molecule has 1 fully saturated rings. The number of benzene rings is 1. The third-order valence-electron chi connectivity index (χ3n) is 2.22. The lowest BCUT2D eigenvalue weighted by atomic mass is 10.2. The summed E-state index contributed by atoms with van der Waals surface area (Å²) in [6.07, 6.45) is 0. The number of carbonyl (C=O) groups is 1. The van der Waals surface area contributed by atoms with E-state index < -0.39 is 0 Å². The molecule has 0 radical (unpaired) electrons. The second-order valence-corrected chi connectivity index (χ2v) is 5.60. The molecular formula is C11H11BrO2S. The zero-order valence-corrected chi connectivity index (χ0v) is 10.5. The van der Waals surface area contributed by atoms with Crippen LogP contribution in [0.5, 0.6) is 0 Å².